The average Bonchev–Trinajstić information content (AvgIpc) is 3.14. The summed E-state index contributed by atoms with van der Waals surface area (Å²) in [6.07, 6.45) is 0. The fraction of sp³-hybridized carbons (Fsp3) is 0.375. The van der Waals surface area contributed by atoms with Crippen LogP contribution in [0.5, 0.6) is 0 Å². The summed E-state index contributed by atoms with van der Waals surface area (Å²) in [6, 6.07) is 5.37. The number of rotatable bonds is 2. The number of fused-ring (bicyclic) bond motifs is 2. The van der Waals surface area contributed by atoms with Crippen LogP contribution in [0.4, 0.5) is 5.69 Å². The van der Waals surface area contributed by atoms with Gasteiger partial charge < -0.3 is 15.2 Å². The highest BCUT2D eigenvalue weighted by molar-refractivity contribution is 6.06. The average molecular weight is 365 g/mol. The molecule has 2 fully saturated rings. The van der Waals surface area contributed by atoms with Crippen LogP contribution >= 0.6 is 12.4 Å². The number of pyridine rings is 1. The predicted octanol–water partition coefficient (Wildman–Crippen LogP) is 1.15. The van der Waals surface area contributed by atoms with Crippen LogP contribution in [0.2, 0.25) is 0 Å². The summed E-state index contributed by atoms with van der Waals surface area (Å²) in [5.74, 6) is 0.647. The Morgan fingerprint density at radius 3 is 2.52 bits per heavy atom. The Labute approximate surface area is 148 Å². The molecular weight excluding hydrogens is 348 g/mol. The van der Waals surface area contributed by atoms with Crippen LogP contribution in [0, 0.1) is 22.0 Å². The molecule has 25 heavy (non-hydrogen) atoms. The number of aromatic amines is 1. The number of nitrogens with one attached hydrogen (secondary N) is 2. The number of likely N-dealkylation sites (tertiary alicyclic amines) is 1. The van der Waals surface area contributed by atoms with Crippen molar-refractivity contribution in [3.63, 3.8) is 0 Å². The third-order valence-electron chi connectivity index (χ3n) is 4.94. The van der Waals surface area contributed by atoms with E-state index in [1.165, 1.54) is 24.3 Å². The van der Waals surface area contributed by atoms with Crippen LogP contribution in [0.3, 0.4) is 0 Å². The minimum atomic E-state index is -0.509. The fourth-order valence-electron chi connectivity index (χ4n) is 3.72. The van der Waals surface area contributed by atoms with E-state index in [1.807, 2.05) is 0 Å². The Hall–Kier alpha value is -2.45. The van der Waals surface area contributed by atoms with E-state index in [0.717, 1.165) is 13.1 Å². The zero-order valence-electron chi connectivity index (χ0n) is 13.2. The molecule has 2 aliphatic rings. The smallest absolute Gasteiger partial charge is 0.270 e. The van der Waals surface area contributed by atoms with E-state index in [4.69, 9.17) is 0 Å². The monoisotopic (exact) mass is 364 g/mol. The van der Waals surface area contributed by atoms with Gasteiger partial charge in [-0.3, -0.25) is 19.7 Å². The molecule has 2 N–H and O–H groups in total. The number of benzene rings is 1. The molecule has 2 saturated heterocycles. The van der Waals surface area contributed by atoms with E-state index in [-0.39, 0.29) is 35.1 Å². The Morgan fingerprint density at radius 2 is 1.88 bits per heavy atom. The largest absolute Gasteiger partial charge is 0.338 e. The Morgan fingerprint density at radius 1 is 1.20 bits per heavy atom. The highest BCUT2D eigenvalue weighted by Crippen LogP contribution is 2.29. The summed E-state index contributed by atoms with van der Waals surface area (Å²) < 4.78 is 0. The van der Waals surface area contributed by atoms with Gasteiger partial charge in [0.2, 0.25) is 5.56 Å². The normalized spacial score (nSPS) is 21.8. The third-order valence-corrected chi connectivity index (χ3v) is 4.94. The zero-order valence-corrected chi connectivity index (χ0v) is 14.0. The van der Waals surface area contributed by atoms with Crippen molar-refractivity contribution in [2.24, 2.45) is 11.8 Å². The summed E-state index contributed by atoms with van der Waals surface area (Å²) in [7, 11) is 0. The Kier molecular flexibility index (Phi) is 4.49. The van der Waals surface area contributed by atoms with Gasteiger partial charge in [-0.2, -0.15) is 0 Å². The van der Waals surface area contributed by atoms with E-state index >= 15 is 0 Å². The lowest BCUT2D eigenvalue weighted by Gasteiger charge is -2.18. The molecule has 0 saturated carbocycles. The molecule has 2 aromatic rings. The number of H-pyrrole nitrogens is 1. The van der Waals surface area contributed by atoms with E-state index in [0.29, 0.717) is 35.8 Å². The number of nitro groups is 1. The van der Waals surface area contributed by atoms with Gasteiger partial charge in [0.15, 0.2) is 0 Å². The van der Waals surface area contributed by atoms with Crippen molar-refractivity contribution in [2.75, 3.05) is 26.2 Å². The topological polar surface area (TPSA) is 108 Å². The third kappa shape index (κ3) is 2.98. The summed E-state index contributed by atoms with van der Waals surface area (Å²) >= 11 is 0. The second kappa shape index (κ2) is 6.45. The molecule has 2 aliphatic heterocycles. The standard InChI is InChI=1S/C16H16N4O4.ClH/c21-15-4-13(12-3-11(20(23)24)1-2-14(12)18-15)16(22)19-7-9-5-17-6-10(9)8-19;/h1-4,9-10,17H,5-8H2,(H,18,21);1H/t9-,10+;. The van der Waals surface area contributed by atoms with Crippen molar-refractivity contribution in [3.8, 4) is 0 Å². The molecule has 1 aromatic carbocycles. The second-order valence-corrected chi connectivity index (χ2v) is 6.42. The number of hydrogen-bond donors (Lipinski definition) is 2. The molecule has 0 aliphatic carbocycles. The minimum absolute atomic E-state index is 0. The maximum absolute atomic E-state index is 12.9. The van der Waals surface area contributed by atoms with Gasteiger partial charge in [0.05, 0.1) is 10.5 Å². The van der Waals surface area contributed by atoms with Crippen molar-refractivity contribution in [1.29, 1.82) is 0 Å². The van der Waals surface area contributed by atoms with Gasteiger partial charge in [0.25, 0.3) is 11.6 Å². The number of hydrogen-bond acceptors (Lipinski definition) is 5. The molecule has 4 rings (SSSR count). The Bertz CT molecular complexity index is 901. The van der Waals surface area contributed by atoms with Gasteiger partial charge in [-0.15, -0.1) is 12.4 Å². The first-order chi connectivity index (χ1) is 11.5. The fourth-order valence-corrected chi connectivity index (χ4v) is 3.72. The van der Waals surface area contributed by atoms with E-state index < -0.39 is 4.92 Å². The lowest BCUT2D eigenvalue weighted by molar-refractivity contribution is -0.384. The number of nitro benzene ring substituents is 1. The minimum Gasteiger partial charge on any atom is -0.338 e. The summed E-state index contributed by atoms with van der Waals surface area (Å²) in [5, 5.41) is 14.7. The second-order valence-electron chi connectivity index (χ2n) is 6.42. The molecule has 2 atom stereocenters. The lowest BCUT2D eigenvalue weighted by Crippen LogP contribution is -2.32. The van der Waals surface area contributed by atoms with Crippen molar-refractivity contribution < 1.29 is 9.72 Å². The van der Waals surface area contributed by atoms with Crippen LogP contribution in [0.1, 0.15) is 10.4 Å². The molecule has 3 heterocycles. The predicted molar refractivity (Wildman–Crippen MR) is 94.2 cm³/mol. The number of nitrogens with zero attached hydrogens (tertiary/aromatic N) is 2. The van der Waals surface area contributed by atoms with Crippen molar-refractivity contribution >= 4 is 34.9 Å². The van der Waals surface area contributed by atoms with Gasteiger partial charge in [-0.05, 0) is 17.9 Å². The first-order valence-electron chi connectivity index (χ1n) is 7.84. The highest BCUT2D eigenvalue weighted by atomic mass is 35.5. The number of carbonyl (C=O) groups excluding carboxylic acids is 1. The van der Waals surface area contributed by atoms with Gasteiger partial charge in [-0.1, -0.05) is 0 Å². The molecular formula is C16H17ClN4O4. The molecule has 8 nitrogen and oxygen atoms in total. The number of halogens is 1. The molecule has 0 bridgehead atoms. The van der Waals surface area contributed by atoms with Crippen molar-refractivity contribution in [3.05, 3.63) is 50.3 Å². The van der Waals surface area contributed by atoms with Gasteiger partial charge in [0, 0.05) is 55.3 Å². The molecule has 1 aromatic heterocycles. The highest BCUT2D eigenvalue weighted by Gasteiger charge is 2.38. The number of carbonyl (C=O) groups is 1. The number of non-ortho nitro benzene ring substituents is 1. The molecule has 0 spiro atoms. The van der Waals surface area contributed by atoms with Crippen LogP contribution in [-0.2, 0) is 0 Å². The molecule has 9 heteroatoms. The zero-order chi connectivity index (χ0) is 16.8. The summed E-state index contributed by atoms with van der Waals surface area (Å²) in [5.41, 5.74) is 0.162. The van der Waals surface area contributed by atoms with Gasteiger partial charge in [-0.25, -0.2) is 0 Å². The number of aromatic nitrogens is 1. The summed E-state index contributed by atoms with van der Waals surface area (Å²) in [6.45, 7) is 3.10. The SMILES string of the molecule is Cl.O=C(c1cc(=O)[nH]c2ccc([N+](=O)[O-])cc12)N1C[C@H]2CNC[C@H]2C1. The van der Waals surface area contributed by atoms with Crippen molar-refractivity contribution in [1.82, 2.24) is 15.2 Å². The maximum Gasteiger partial charge on any atom is 0.270 e. The van der Waals surface area contributed by atoms with Crippen LogP contribution < -0.4 is 10.9 Å². The molecule has 0 unspecified atom stereocenters. The first kappa shape index (κ1) is 17.4. The van der Waals surface area contributed by atoms with Gasteiger partial charge >= 0.3 is 0 Å². The van der Waals surface area contributed by atoms with Crippen LogP contribution in [-0.4, -0.2) is 46.9 Å². The lowest BCUT2D eigenvalue weighted by atomic mass is 10.0. The van der Waals surface area contributed by atoms with Crippen molar-refractivity contribution in [2.45, 2.75) is 0 Å². The molecule has 1 amide bonds. The van der Waals surface area contributed by atoms with E-state index in [2.05, 4.69) is 10.3 Å². The molecule has 0 radical (unpaired) electrons. The maximum atomic E-state index is 12.9. The van der Waals surface area contributed by atoms with Crippen LogP contribution in [0.25, 0.3) is 10.9 Å². The van der Waals surface area contributed by atoms with Gasteiger partial charge in [0.1, 0.15) is 0 Å². The first-order valence-corrected chi connectivity index (χ1v) is 7.84. The number of amides is 1. The summed E-state index contributed by atoms with van der Waals surface area (Å²) in [4.78, 5) is 39.7. The van der Waals surface area contributed by atoms with Crippen LogP contribution in [0.15, 0.2) is 29.1 Å². The Balaban J connectivity index is 0.00000182. The van der Waals surface area contributed by atoms with E-state index in [9.17, 15) is 19.7 Å². The molecule has 132 valence electrons. The quantitative estimate of drug-likeness (QED) is 0.613. The van der Waals surface area contributed by atoms with E-state index in [1.54, 1.807) is 4.90 Å².